The molecule has 3 nitrogen and oxygen atoms in total. The van der Waals surface area contributed by atoms with E-state index in [0.717, 1.165) is 12.8 Å². The second-order valence-corrected chi connectivity index (χ2v) is 6.33. The predicted molar refractivity (Wildman–Crippen MR) is 53.2 cm³/mol. The van der Waals surface area contributed by atoms with E-state index in [9.17, 15) is 13.8 Å². The summed E-state index contributed by atoms with van der Waals surface area (Å²) in [6, 6.07) is 0. The highest BCUT2D eigenvalue weighted by molar-refractivity contribution is 7.54. The zero-order valence-electron chi connectivity index (χ0n) is 8.70. The van der Waals surface area contributed by atoms with Crippen molar-refractivity contribution in [3.8, 4) is 0 Å². The highest BCUT2D eigenvalue weighted by atomic mass is 31.2. The molecule has 84 valence electrons. The van der Waals surface area contributed by atoms with Crippen molar-refractivity contribution in [2.75, 3.05) is 6.61 Å². The fraction of sp³-hybridized carbons (Fsp3) is 1.00. The Morgan fingerprint density at radius 1 is 1.64 bits per heavy atom. The minimum atomic E-state index is -3.81. The fourth-order valence-electron chi connectivity index (χ4n) is 1.91. The summed E-state index contributed by atoms with van der Waals surface area (Å²) >= 11 is 0. The zero-order valence-corrected chi connectivity index (χ0v) is 9.60. The predicted octanol–water partition coefficient (Wildman–Crippen LogP) is 2.88. The van der Waals surface area contributed by atoms with E-state index in [1.54, 1.807) is 6.92 Å². The highest BCUT2D eigenvalue weighted by Crippen LogP contribution is 2.61. The van der Waals surface area contributed by atoms with Gasteiger partial charge in [0, 0.05) is 0 Å². The van der Waals surface area contributed by atoms with E-state index in [2.05, 4.69) is 0 Å². The van der Waals surface area contributed by atoms with Crippen molar-refractivity contribution in [1.29, 1.82) is 0 Å². The van der Waals surface area contributed by atoms with Crippen LogP contribution in [0.2, 0.25) is 0 Å². The van der Waals surface area contributed by atoms with Gasteiger partial charge in [-0.1, -0.05) is 12.8 Å². The molecule has 1 fully saturated rings. The molecule has 0 spiro atoms. The Bertz CT molecular complexity index is 246. The quantitative estimate of drug-likeness (QED) is 0.750. The smallest absolute Gasteiger partial charge is 0.324 e. The third kappa shape index (κ3) is 2.02. The van der Waals surface area contributed by atoms with Gasteiger partial charge in [-0.05, 0) is 26.7 Å². The second-order valence-electron chi connectivity index (χ2n) is 4.01. The molecule has 1 saturated carbocycles. The maximum atomic E-state index is 13.6. The van der Waals surface area contributed by atoms with Crippen LogP contribution in [0, 0.1) is 0 Å². The fourth-order valence-corrected chi connectivity index (χ4v) is 3.48. The van der Waals surface area contributed by atoms with Gasteiger partial charge in [-0.25, -0.2) is 4.39 Å². The van der Waals surface area contributed by atoms with Crippen LogP contribution in [0.3, 0.4) is 0 Å². The Morgan fingerprint density at radius 2 is 2.29 bits per heavy atom. The van der Waals surface area contributed by atoms with Crippen molar-refractivity contribution in [1.82, 2.24) is 0 Å². The Morgan fingerprint density at radius 3 is 2.79 bits per heavy atom. The molecule has 0 aromatic carbocycles. The molecule has 0 radical (unpaired) electrons. The number of hydrogen-bond donors (Lipinski definition) is 1. The lowest BCUT2D eigenvalue weighted by atomic mass is 9.88. The first-order valence-electron chi connectivity index (χ1n) is 5.05. The maximum absolute atomic E-state index is 13.6. The van der Waals surface area contributed by atoms with E-state index in [0.29, 0.717) is 12.8 Å². The molecule has 3 unspecified atom stereocenters. The first kappa shape index (κ1) is 12.2. The Hall–Kier alpha value is 0.0800. The monoisotopic (exact) mass is 224 g/mol. The van der Waals surface area contributed by atoms with Crippen LogP contribution in [0.25, 0.3) is 0 Å². The van der Waals surface area contributed by atoms with Gasteiger partial charge in [-0.2, -0.15) is 0 Å². The van der Waals surface area contributed by atoms with Gasteiger partial charge >= 0.3 is 7.60 Å². The van der Waals surface area contributed by atoms with Crippen molar-refractivity contribution in [3.63, 3.8) is 0 Å². The van der Waals surface area contributed by atoms with Gasteiger partial charge in [-0.3, -0.25) is 4.57 Å². The molecule has 3 atom stereocenters. The molecule has 1 aliphatic rings. The Labute approximate surface area is 84.2 Å². The summed E-state index contributed by atoms with van der Waals surface area (Å²) in [6.07, 6.45) is 1.17. The van der Waals surface area contributed by atoms with Crippen molar-refractivity contribution in [2.24, 2.45) is 0 Å². The first-order chi connectivity index (χ1) is 6.44. The minimum absolute atomic E-state index is 0.149. The second kappa shape index (κ2) is 4.30. The van der Waals surface area contributed by atoms with Crippen LogP contribution in [-0.4, -0.2) is 22.8 Å². The molecule has 14 heavy (non-hydrogen) atoms. The van der Waals surface area contributed by atoms with Crippen LogP contribution < -0.4 is 0 Å². The van der Waals surface area contributed by atoms with Crippen LogP contribution >= 0.6 is 7.60 Å². The van der Waals surface area contributed by atoms with E-state index >= 15 is 0 Å². The molecule has 0 heterocycles. The van der Waals surface area contributed by atoms with E-state index in [-0.39, 0.29) is 6.61 Å². The molecule has 0 amide bonds. The van der Waals surface area contributed by atoms with Crippen LogP contribution in [0.4, 0.5) is 4.39 Å². The van der Waals surface area contributed by atoms with Gasteiger partial charge in [-0.15, -0.1) is 0 Å². The van der Waals surface area contributed by atoms with Gasteiger partial charge in [0.15, 0.2) is 0 Å². The summed E-state index contributed by atoms with van der Waals surface area (Å²) in [4.78, 5) is 9.66. The average molecular weight is 224 g/mol. The molecule has 0 bridgehead atoms. The van der Waals surface area contributed by atoms with Gasteiger partial charge in [0.2, 0.25) is 0 Å². The van der Waals surface area contributed by atoms with Crippen LogP contribution in [0.15, 0.2) is 0 Å². The van der Waals surface area contributed by atoms with Crippen molar-refractivity contribution in [3.05, 3.63) is 0 Å². The summed E-state index contributed by atoms with van der Waals surface area (Å²) in [7, 11) is -3.81. The van der Waals surface area contributed by atoms with Crippen molar-refractivity contribution < 1.29 is 18.4 Å². The highest BCUT2D eigenvalue weighted by Gasteiger charge is 2.51. The molecule has 0 aliphatic heterocycles. The largest absolute Gasteiger partial charge is 0.336 e. The molecule has 1 N–H and O–H groups in total. The third-order valence-electron chi connectivity index (χ3n) is 3.01. The van der Waals surface area contributed by atoms with Crippen LogP contribution in [0.1, 0.15) is 39.5 Å². The normalized spacial score (nSPS) is 37.9. The van der Waals surface area contributed by atoms with E-state index < -0.39 is 18.9 Å². The van der Waals surface area contributed by atoms with Crippen molar-refractivity contribution >= 4 is 7.60 Å². The SMILES string of the molecule is CCOP(=O)(O)C1(C)CCCCC1F. The minimum Gasteiger partial charge on any atom is -0.324 e. The first-order valence-corrected chi connectivity index (χ1v) is 6.63. The summed E-state index contributed by atoms with van der Waals surface area (Å²) < 4.78 is 30.2. The van der Waals surface area contributed by atoms with Gasteiger partial charge in [0.25, 0.3) is 0 Å². The standard InChI is InChI=1S/C9H18FO3P/c1-3-13-14(11,12)9(2)7-5-4-6-8(9)10/h8H,3-7H2,1-2H3,(H,11,12). The number of halogens is 1. The number of alkyl halides is 1. The lowest BCUT2D eigenvalue weighted by molar-refractivity contribution is 0.152. The van der Waals surface area contributed by atoms with Gasteiger partial charge in [0.05, 0.1) is 6.61 Å². The molecular formula is C9H18FO3P. The number of rotatable bonds is 3. The van der Waals surface area contributed by atoms with Crippen LogP contribution in [0.5, 0.6) is 0 Å². The van der Waals surface area contributed by atoms with Gasteiger partial charge < -0.3 is 9.42 Å². The zero-order chi connectivity index (χ0) is 10.8. The van der Waals surface area contributed by atoms with Crippen molar-refractivity contribution in [2.45, 2.75) is 50.9 Å². The molecule has 5 heteroatoms. The summed E-state index contributed by atoms with van der Waals surface area (Å²) in [5.74, 6) is 0. The molecule has 0 aromatic rings. The summed E-state index contributed by atoms with van der Waals surface area (Å²) in [6.45, 7) is 3.31. The molecule has 0 aromatic heterocycles. The molecule has 0 saturated heterocycles. The molecule has 1 rings (SSSR count). The van der Waals surface area contributed by atoms with E-state index in [1.165, 1.54) is 6.92 Å². The third-order valence-corrected chi connectivity index (χ3v) is 5.42. The molecule has 1 aliphatic carbocycles. The van der Waals surface area contributed by atoms with Crippen LogP contribution in [-0.2, 0) is 9.09 Å². The summed E-state index contributed by atoms with van der Waals surface area (Å²) in [5, 5.41) is -1.19. The Balaban J connectivity index is 2.85. The molecular weight excluding hydrogens is 206 g/mol. The number of hydrogen-bond acceptors (Lipinski definition) is 2. The summed E-state index contributed by atoms with van der Waals surface area (Å²) in [5.41, 5.74) is 0. The lowest BCUT2D eigenvalue weighted by Gasteiger charge is -2.38. The van der Waals surface area contributed by atoms with E-state index in [4.69, 9.17) is 4.52 Å². The van der Waals surface area contributed by atoms with Gasteiger partial charge in [0.1, 0.15) is 11.3 Å². The maximum Gasteiger partial charge on any atom is 0.336 e. The van der Waals surface area contributed by atoms with E-state index in [1.807, 2.05) is 0 Å². The Kier molecular flexibility index (Phi) is 3.73. The topological polar surface area (TPSA) is 46.5 Å². The average Bonchev–Trinajstić information content (AvgIpc) is 2.10. The lowest BCUT2D eigenvalue weighted by Crippen LogP contribution is -2.39.